The SMILES string of the molecule is CCc1nc(CC(=O)NC(C)c2ccc(Cl)s2)cs1. The van der Waals surface area contributed by atoms with Crippen molar-refractivity contribution >= 4 is 40.2 Å². The molecule has 0 saturated carbocycles. The molecule has 2 aromatic rings. The van der Waals surface area contributed by atoms with Gasteiger partial charge in [0, 0.05) is 10.3 Å². The summed E-state index contributed by atoms with van der Waals surface area (Å²) in [7, 11) is 0. The Balaban J connectivity index is 1.90. The summed E-state index contributed by atoms with van der Waals surface area (Å²) in [4.78, 5) is 17.4. The Bertz CT molecular complexity index is 564. The molecule has 1 amide bonds. The fourth-order valence-electron chi connectivity index (χ4n) is 1.68. The number of nitrogens with zero attached hydrogens (tertiary/aromatic N) is 1. The van der Waals surface area contributed by atoms with Crippen molar-refractivity contribution in [1.29, 1.82) is 0 Å². The van der Waals surface area contributed by atoms with Crippen molar-refractivity contribution in [3.8, 4) is 0 Å². The zero-order valence-corrected chi connectivity index (χ0v) is 13.2. The highest BCUT2D eigenvalue weighted by Gasteiger charge is 2.13. The van der Waals surface area contributed by atoms with Crippen molar-refractivity contribution in [2.45, 2.75) is 32.7 Å². The van der Waals surface area contributed by atoms with E-state index in [4.69, 9.17) is 11.6 Å². The Morgan fingerprint density at radius 1 is 1.53 bits per heavy atom. The molecular weight excluding hydrogens is 300 g/mol. The minimum absolute atomic E-state index is 0.00928. The first-order chi connectivity index (χ1) is 9.08. The van der Waals surface area contributed by atoms with E-state index >= 15 is 0 Å². The van der Waals surface area contributed by atoms with Crippen LogP contribution in [0.25, 0.3) is 0 Å². The highest BCUT2D eigenvalue weighted by Crippen LogP contribution is 2.26. The van der Waals surface area contributed by atoms with Gasteiger partial charge < -0.3 is 5.32 Å². The highest BCUT2D eigenvalue weighted by atomic mass is 35.5. The number of rotatable bonds is 5. The number of amides is 1. The second-order valence-electron chi connectivity index (χ2n) is 4.19. The first-order valence-electron chi connectivity index (χ1n) is 6.06. The molecule has 3 nitrogen and oxygen atoms in total. The molecule has 2 aromatic heterocycles. The summed E-state index contributed by atoms with van der Waals surface area (Å²) in [6.07, 6.45) is 1.25. The van der Waals surface area contributed by atoms with Crippen LogP contribution in [0.2, 0.25) is 4.34 Å². The van der Waals surface area contributed by atoms with Gasteiger partial charge in [0.05, 0.1) is 27.5 Å². The van der Waals surface area contributed by atoms with Crippen LogP contribution in [-0.2, 0) is 17.6 Å². The monoisotopic (exact) mass is 314 g/mol. The maximum absolute atomic E-state index is 11.9. The Kier molecular flexibility index (Phi) is 4.96. The van der Waals surface area contributed by atoms with Gasteiger partial charge in [0.1, 0.15) is 0 Å². The molecule has 0 fully saturated rings. The predicted molar refractivity (Wildman–Crippen MR) is 81.1 cm³/mol. The van der Waals surface area contributed by atoms with Crippen LogP contribution in [0.1, 0.15) is 35.5 Å². The van der Waals surface area contributed by atoms with Gasteiger partial charge in [0.25, 0.3) is 0 Å². The van der Waals surface area contributed by atoms with Gasteiger partial charge in [-0.05, 0) is 25.5 Å². The second kappa shape index (κ2) is 6.50. The van der Waals surface area contributed by atoms with Crippen molar-refractivity contribution in [2.24, 2.45) is 0 Å². The van der Waals surface area contributed by atoms with Gasteiger partial charge in [-0.25, -0.2) is 4.98 Å². The van der Waals surface area contributed by atoms with E-state index in [0.29, 0.717) is 6.42 Å². The number of hydrogen-bond acceptors (Lipinski definition) is 4. The number of aromatic nitrogens is 1. The topological polar surface area (TPSA) is 42.0 Å². The van der Waals surface area contributed by atoms with Crippen LogP contribution < -0.4 is 5.32 Å². The number of thiophene rings is 1. The van der Waals surface area contributed by atoms with Crippen molar-refractivity contribution in [3.05, 3.63) is 37.4 Å². The molecule has 1 N–H and O–H groups in total. The highest BCUT2D eigenvalue weighted by molar-refractivity contribution is 7.16. The third kappa shape index (κ3) is 4.03. The largest absolute Gasteiger partial charge is 0.348 e. The minimum atomic E-state index is -0.0192. The lowest BCUT2D eigenvalue weighted by Gasteiger charge is -2.11. The van der Waals surface area contributed by atoms with E-state index in [0.717, 1.165) is 26.3 Å². The minimum Gasteiger partial charge on any atom is -0.348 e. The van der Waals surface area contributed by atoms with E-state index in [-0.39, 0.29) is 11.9 Å². The van der Waals surface area contributed by atoms with Gasteiger partial charge in [-0.1, -0.05) is 18.5 Å². The standard InChI is InChI=1S/C13H15ClN2OS2/c1-3-13-16-9(7-18-13)6-12(17)15-8(2)10-4-5-11(14)19-10/h4-5,7-8H,3,6H2,1-2H3,(H,15,17). The summed E-state index contributed by atoms with van der Waals surface area (Å²) < 4.78 is 0.739. The van der Waals surface area contributed by atoms with Crippen molar-refractivity contribution in [1.82, 2.24) is 10.3 Å². The number of hydrogen-bond donors (Lipinski definition) is 1. The van der Waals surface area contributed by atoms with Crippen molar-refractivity contribution < 1.29 is 4.79 Å². The van der Waals surface area contributed by atoms with E-state index in [1.165, 1.54) is 11.3 Å². The van der Waals surface area contributed by atoms with E-state index in [1.54, 1.807) is 11.3 Å². The average molecular weight is 315 g/mol. The number of thiazole rings is 1. The molecule has 0 radical (unpaired) electrons. The lowest BCUT2D eigenvalue weighted by atomic mass is 10.2. The van der Waals surface area contributed by atoms with Gasteiger partial charge in [0.2, 0.25) is 5.91 Å². The van der Waals surface area contributed by atoms with E-state index in [1.807, 2.05) is 24.4 Å². The molecule has 0 bridgehead atoms. The molecule has 0 aliphatic heterocycles. The van der Waals surface area contributed by atoms with Crippen LogP contribution >= 0.6 is 34.3 Å². The zero-order valence-electron chi connectivity index (χ0n) is 10.8. The fraction of sp³-hybridized carbons (Fsp3) is 0.385. The molecule has 102 valence electrons. The Morgan fingerprint density at radius 3 is 2.89 bits per heavy atom. The summed E-state index contributed by atoms with van der Waals surface area (Å²) in [5, 5.41) is 5.98. The molecule has 0 spiro atoms. The summed E-state index contributed by atoms with van der Waals surface area (Å²) in [5.41, 5.74) is 0.843. The molecule has 0 aliphatic rings. The Morgan fingerprint density at radius 2 is 2.32 bits per heavy atom. The van der Waals surface area contributed by atoms with Crippen LogP contribution in [0.4, 0.5) is 0 Å². The smallest absolute Gasteiger partial charge is 0.226 e. The van der Waals surface area contributed by atoms with Crippen molar-refractivity contribution in [3.63, 3.8) is 0 Å². The predicted octanol–water partition coefficient (Wildman–Crippen LogP) is 3.84. The molecule has 6 heteroatoms. The zero-order chi connectivity index (χ0) is 13.8. The lowest BCUT2D eigenvalue weighted by molar-refractivity contribution is -0.121. The molecule has 0 aromatic carbocycles. The fourth-order valence-corrected chi connectivity index (χ4v) is 3.49. The molecule has 0 aliphatic carbocycles. The van der Waals surface area contributed by atoms with Crippen LogP contribution in [0, 0.1) is 0 Å². The number of aryl methyl sites for hydroxylation is 1. The van der Waals surface area contributed by atoms with Crippen LogP contribution in [-0.4, -0.2) is 10.9 Å². The number of halogens is 1. The van der Waals surface area contributed by atoms with E-state index in [9.17, 15) is 4.79 Å². The summed E-state index contributed by atoms with van der Waals surface area (Å²) >= 11 is 8.98. The quantitative estimate of drug-likeness (QED) is 0.911. The molecule has 0 saturated heterocycles. The molecule has 1 unspecified atom stereocenters. The summed E-state index contributed by atoms with van der Waals surface area (Å²) in [6, 6.07) is 3.77. The Hall–Kier alpha value is -0.910. The summed E-state index contributed by atoms with van der Waals surface area (Å²) in [6.45, 7) is 4.02. The van der Waals surface area contributed by atoms with Gasteiger partial charge in [0.15, 0.2) is 0 Å². The summed E-state index contributed by atoms with van der Waals surface area (Å²) in [5.74, 6) is -0.00928. The van der Waals surface area contributed by atoms with Gasteiger partial charge in [-0.15, -0.1) is 22.7 Å². The average Bonchev–Trinajstić information content (AvgIpc) is 2.97. The van der Waals surface area contributed by atoms with Crippen LogP contribution in [0.3, 0.4) is 0 Å². The lowest BCUT2D eigenvalue weighted by Crippen LogP contribution is -2.27. The van der Waals surface area contributed by atoms with Gasteiger partial charge >= 0.3 is 0 Å². The van der Waals surface area contributed by atoms with Crippen LogP contribution in [0.15, 0.2) is 17.5 Å². The number of carbonyl (C=O) groups excluding carboxylic acids is 1. The first-order valence-corrected chi connectivity index (χ1v) is 8.13. The number of nitrogens with one attached hydrogen (secondary N) is 1. The molecule has 1 atom stereocenters. The molecular formula is C13H15ClN2OS2. The molecule has 2 rings (SSSR count). The molecule has 2 heterocycles. The maximum Gasteiger partial charge on any atom is 0.226 e. The normalized spacial score (nSPS) is 12.4. The number of carbonyl (C=O) groups is 1. The third-order valence-electron chi connectivity index (χ3n) is 2.64. The Labute approximate surface area is 125 Å². The van der Waals surface area contributed by atoms with E-state index < -0.39 is 0 Å². The second-order valence-corrected chi connectivity index (χ2v) is 6.88. The van der Waals surface area contributed by atoms with Crippen LogP contribution in [0.5, 0.6) is 0 Å². The van der Waals surface area contributed by atoms with E-state index in [2.05, 4.69) is 17.2 Å². The van der Waals surface area contributed by atoms with Gasteiger partial charge in [-0.2, -0.15) is 0 Å². The first kappa shape index (κ1) is 14.5. The molecule has 19 heavy (non-hydrogen) atoms. The third-order valence-corrected chi connectivity index (χ3v) is 5.10. The van der Waals surface area contributed by atoms with Gasteiger partial charge in [-0.3, -0.25) is 4.79 Å². The van der Waals surface area contributed by atoms with Crippen molar-refractivity contribution in [2.75, 3.05) is 0 Å². The maximum atomic E-state index is 11.9.